The van der Waals surface area contributed by atoms with Gasteiger partial charge >= 0.3 is 0 Å². The van der Waals surface area contributed by atoms with Crippen molar-refractivity contribution in [1.29, 1.82) is 0 Å². The normalized spacial score (nSPS) is 10.3. The maximum Gasteiger partial charge on any atom is 0.206 e. The zero-order valence-electron chi connectivity index (χ0n) is 8.87. The number of ketones is 1. The lowest BCUT2D eigenvalue weighted by Crippen LogP contribution is -2.02. The van der Waals surface area contributed by atoms with E-state index in [0.29, 0.717) is 10.6 Å². The molecule has 0 aliphatic carbocycles. The first-order valence-electron chi connectivity index (χ1n) is 4.74. The first kappa shape index (κ1) is 11.7. The molecule has 0 atom stereocenters. The summed E-state index contributed by atoms with van der Waals surface area (Å²) in [4.78, 5) is 12.4. The van der Waals surface area contributed by atoms with Gasteiger partial charge in [-0.05, 0) is 29.6 Å². The molecule has 0 unspecified atom stereocenters. The molecule has 0 radical (unpaired) electrons. The fourth-order valence-corrected chi connectivity index (χ4v) is 2.21. The molecule has 0 N–H and O–H groups in total. The average molecular weight is 254 g/mol. The second kappa shape index (κ2) is 4.63. The maximum absolute atomic E-state index is 13.0. The molecule has 88 valence electrons. The van der Waals surface area contributed by atoms with Gasteiger partial charge in [0.05, 0.1) is 7.11 Å². The molecule has 2 aromatic rings. The molecule has 2 nitrogen and oxygen atoms in total. The molecule has 0 aliphatic heterocycles. The Balaban J connectivity index is 2.40. The van der Waals surface area contributed by atoms with Crippen LogP contribution < -0.4 is 4.74 Å². The molecule has 2 rings (SSSR count). The van der Waals surface area contributed by atoms with Gasteiger partial charge in [-0.1, -0.05) is 0 Å². The Morgan fingerprint density at radius 3 is 2.65 bits per heavy atom. The number of thiophene rings is 1. The van der Waals surface area contributed by atoms with Crippen molar-refractivity contribution in [3.8, 4) is 5.75 Å². The smallest absolute Gasteiger partial charge is 0.206 e. The van der Waals surface area contributed by atoms with E-state index >= 15 is 0 Å². The van der Waals surface area contributed by atoms with Gasteiger partial charge in [0.15, 0.2) is 11.6 Å². The lowest BCUT2D eigenvalue weighted by atomic mass is 10.1. The van der Waals surface area contributed by atoms with Crippen LogP contribution in [0, 0.1) is 11.6 Å². The van der Waals surface area contributed by atoms with Crippen LogP contribution in [0.1, 0.15) is 15.2 Å². The fraction of sp³-hybridized carbons (Fsp3) is 0.0833. The number of methoxy groups -OCH3 is 1. The van der Waals surface area contributed by atoms with Gasteiger partial charge in [-0.3, -0.25) is 4.79 Å². The lowest BCUT2D eigenvalue weighted by Gasteiger charge is -2.02. The summed E-state index contributed by atoms with van der Waals surface area (Å²) in [6.07, 6.45) is 0. The average Bonchev–Trinajstić information content (AvgIpc) is 2.80. The van der Waals surface area contributed by atoms with Gasteiger partial charge in [0, 0.05) is 5.56 Å². The molecule has 0 spiro atoms. The standard InChI is InChI=1S/C12H8F2O2S/c1-16-10-4-5-17-12(10)11(15)7-2-3-8(13)9(14)6-7/h2-6H,1H3. The summed E-state index contributed by atoms with van der Waals surface area (Å²) >= 11 is 1.20. The maximum atomic E-state index is 13.0. The molecule has 0 aliphatic rings. The van der Waals surface area contributed by atoms with Crippen molar-refractivity contribution in [3.05, 3.63) is 51.7 Å². The van der Waals surface area contributed by atoms with Crippen LogP contribution in [0.15, 0.2) is 29.6 Å². The number of rotatable bonds is 3. The Labute approximate surface area is 100 Å². The van der Waals surface area contributed by atoms with Gasteiger partial charge in [0.1, 0.15) is 10.6 Å². The number of ether oxygens (including phenoxy) is 1. The van der Waals surface area contributed by atoms with Gasteiger partial charge in [-0.15, -0.1) is 11.3 Å². The van der Waals surface area contributed by atoms with Crippen molar-refractivity contribution < 1.29 is 18.3 Å². The predicted molar refractivity (Wildman–Crippen MR) is 60.7 cm³/mol. The predicted octanol–water partition coefficient (Wildman–Crippen LogP) is 3.27. The van der Waals surface area contributed by atoms with E-state index in [1.165, 1.54) is 24.5 Å². The third-order valence-corrected chi connectivity index (χ3v) is 3.13. The van der Waals surface area contributed by atoms with Crippen molar-refractivity contribution in [1.82, 2.24) is 0 Å². The minimum absolute atomic E-state index is 0.102. The SMILES string of the molecule is COc1ccsc1C(=O)c1ccc(F)c(F)c1. The van der Waals surface area contributed by atoms with Crippen molar-refractivity contribution >= 4 is 17.1 Å². The van der Waals surface area contributed by atoms with Crippen LogP contribution in [0.5, 0.6) is 5.75 Å². The summed E-state index contributed by atoms with van der Waals surface area (Å²) < 4.78 is 30.8. The van der Waals surface area contributed by atoms with Crippen molar-refractivity contribution in [2.24, 2.45) is 0 Å². The van der Waals surface area contributed by atoms with Crippen LogP contribution in [0.25, 0.3) is 0 Å². The van der Waals surface area contributed by atoms with Gasteiger partial charge in [0.2, 0.25) is 5.78 Å². The van der Waals surface area contributed by atoms with Gasteiger partial charge < -0.3 is 4.74 Å². The zero-order chi connectivity index (χ0) is 12.4. The number of carbonyl (C=O) groups excluding carboxylic acids is 1. The highest BCUT2D eigenvalue weighted by Crippen LogP contribution is 2.27. The van der Waals surface area contributed by atoms with Crippen molar-refractivity contribution in [3.63, 3.8) is 0 Å². The summed E-state index contributed by atoms with van der Waals surface area (Å²) in [7, 11) is 1.45. The van der Waals surface area contributed by atoms with E-state index in [9.17, 15) is 13.6 Å². The molecule has 5 heteroatoms. The number of halogens is 2. The van der Waals surface area contributed by atoms with Crippen LogP contribution in [0.4, 0.5) is 8.78 Å². The molecule has 0 fully saturated rings. The molecule has 0 bridgehead atoms. The largest absolute Gasteiger partial charge is 0.495 e. The van der Waals surface area contributed by atoms with Gasteiger partial charge in [-0.2, -0.15) is 0 Å². The third-order valence-electron chi connectivity index (χ3n) is 2.24. The summed E-state index contributed by atoms with van der Waals surface area (Å²) in [6, 6.07) is 4.72. The first-order chi connectivity index (χ1) is 8.13. The molecule has 1 heterocycles. The zero-order valence-corrected chi connectivity index (χ0v) is 9.68. The van der Waals surface area contributed by atoms with E-state index in [0.717, 1.165) is 12.1 Å². The quantitative estimate of drug-likeness (QED) is 0.786. The van der Waals surface area contributed by atoms with E-state index in [-0.39, 0.29) is 11.3 Å². The molecular weight excluding hydrogens is 246 g/mol. The molecular formula is C12H8F2O2S. The van der Waals surface area contributed by atoms with Gasteiger partial charge in [0.25, 0.3) is 0 Å². The molecule has 0 amide bonds. The van der Waals surface area contributed by atoms with E-state index < -0.39 is 11.6 Å². The monoisotopic (exact) mass is 254 g/mol. The highest BCUT2D eigenvalue weighted by Gasteiger charge is 2.17. The lowest BCUT2D eigenvalue weighted by molar-refractivity contribution is 0.103. The van der Waals surface area contributed by atoms with Crippen molar-refractivity contribution in [2.45, 2.75) is 0 Å². The van der Waals surface area contributed by atoms with Crippen LogP contribution in [0.2, 0.25) is 0 Å². The first-order valence-corrected chi connectivity index (χ1v) is 5.62. The molecule has 1 aromatic carbocycles. The number of benzene rings is 1. The van der Waals surface area contributed by atoms with Crippen molar-refractivity contribution in [2.75, 3.05) is 7.11 Å². The highest BCUT2D eigenvalue weighted by atomic mass is 32.1. The Hall–Kier alpha value is -1.75. The minimum atomic E-state index is -1.04. The van der Waals surface area contributed by atoms with Crippen LogP contribution in [-0.4, -0.2) is 12.9 Å². The Bertz CT molecular complexity index is 563. The Morgan fingerprint density at radius 1 is 1.24 bits per heavy atom. The number of hydrogen-bond acceptors (Lipinski definition) is 3. The fourth-order valence-electron chi connectivity index (χ4n) is 1.39. The van der Waals surface area contributed by atoms with Crippen LogP contribution in [0.3, 0.4) is 0 Å². The van der Waals surface area contributed by atoms with E-state index in [1.807, 2.05) is 0 Å². The minimum Gasteiger partial charge on any atom is -0.495 e. The Morgan fingerprint density at radius 2 is 2.00 bits per heavy atom. The second-order valence-corrected chi connectivity index (χ2v) is 4.19. The van der Waals surface area contributed by atoms with E-state index in [2.05, 4.69) is 0 Å². The Kier molecular flexibility index (Phi) is 3.19. The number of carbonyl (C=O) groups is 1. The topological polar surface area (TPSA) is 26.3 Å². The second-order valence-electron chi connectivity index (χ2n) is 3.28. The number of hydrogen-bond donors (Lipinski definition) is 0. The summed E-state index contributed by atoms with van der Waals surface area (Å²) in [5, 5.41) is 1.70. The third kappa shape index (κ3) is 2.19. The summed E-state index contributed by atoms with van der Waals surface area (Å²) in [5.41, 5.74) is 0.102. The summed E-state index contributed by atoms with van der Waals surface area (Å²) in [6.45, 7) is 0. The van der Waals surface area contributed by atoms with E-state index in [1.54, 1.807) is 11.4 Å². The van der Waals surface area contributed by atoms with Gasteiger partial charge in [-0.25, -0.2) is 8.78 Å². The summed E-state index contributed by atoms with van der Waals surface area (Å²) in [5.74, 6) is -1.95. The highest BCUT2D eigenvalue weighted by molar-refractivity contribution is 7.12. The molecule has 17 heavy (non-hydrogen) atoms. The molecule has 0 saturated heterocycles. The van der Waals surface area contributed by atoms with Crippen LogP contribution in [-0.2, 0) is 0 Å². The molecule has 0 saturated carbocycles. The van der Waals surface area contributed by atoms with Crippen LogP contribution >= 0.6 is 11.3 Å². The van der Waals surface area contributed by atoms with E-state index in [4.69, 9.17) is 4.74 Å². The molecule has 1 aromatic heterocycles.